The van der Waals surface area contributed by atoms with Gasteiger partial charge in [0.25, 0.3) is 5.91 Å². The first-order valence-electron chi connectivity index (χ1n) is 12.0. The lowest BCUT2D eigenvalue weighted by atomic mass is 9.77. The monoisotopic (exact) mass is 516 g/mol. The summed E-state index contributed by atoms with van der Waals surface area (Å²) in [7, 11) is -1.72. The van der Waals surface area contributed by atoms with E-state index in [1.54, 1.807) is 12.1 Å². The second-order valence-electron chi connectivity index (χ2n) is 8.67. The topological polar surface area (TPSA) is 127 Å². The molecule has 190 valence electrons. The van der Waals surface area contributed by atoms with Crippen molar-refractivity contribution in [1.29, 1.82) is 0 Å². The zero-order valence-corrected chi connectivity index (χ0v) is 21.2. The van der Waals surface area contributed by atoms with E-state index in [4.69, 9.17) is 0 Å². The molecule has 0 fully saturated rings. The minimum atomic E-state index is -1.72. The summed E-state index contributed by atoms with van der Waals surface area (Å²) < 4.78 is 0. The van der Waals surface area contributed by atoms with Gasteiger partial charge in [0.15, 0.2) is 0 Å². The molecule has 5 N–H and O–H groups in total. The number of benzene rings is 2. The van der Waals surface area contributed by atoms with Crippen LogP contribution >= 0.6 is 11.8 Å². The Labute approximate surface area is 220 Å². The zero-order chi connectivity index (χ0) is 26.2. The highest BCUT2D eigenvalue weighted by Crippen LogP contribution is 2.20. The Morgan fingerprint density at radius 3 is 2.51 bits per heavy atom. The van der Waals surface area contributed by atoms with Gasteiger partial charge in [0, 0.05) is 29.1 Å². The molecule has 0 aliphatic carbocycles. The molecule has 0 saturated carbocycles. The van der Waals surface area contributed by atoms with Crippen LogP contribution in [-0.4, -0.2) is 62.9 Å². The van der Waals surface area contributed by atoms with Gasteiger partial charge in [-0.05, 0) is 42.2 Å². The highest BCUT2D eigenvalue weighted by Gasteiger charge is 2.30. The third-order valence-corrected chi connectivity index (χ3v) is 6.74. The van der Waals surface area contributed by atoms with Crippen molar-refractivity contribution in [2.75, 3.05) is 12.0 Å². The quantitative estimate of drug-likeness (QED) is 0.195. The van der Waals surface area contributed by atoms with Crippen molar-refractivity contribution < 1.29 is 19.6 Å². The number of aromatic amines is 1. The van der Waals surface area contributed by atoms with Gasteiger partial charge in [-0.25, -0.2) is 4.98 Å². The van der Waals surface area contributed by atoms with Crippen molar-refractivity contribution in [2.45, 2.75) is 24.8 Å². The van der Waals surface area contributed by atoms with Crippen LogP contribution in [0.5, 0.6) is 0 Å². The van der Waals surface area contributed by atoms with E-state index in [2.05, 4.69) is 20.6 Å². The van der Waals surface area contributed by atoms with Crippen LogP contribution in [-0.2, 0) is 11.2 Å². The Bertz CT molecular complexity index is 1350. The second kappa shape index (κ2) is 12.6. The van der Waals surface area contributed by atoms with Crippen molar-refractivity contribution in [1.82, 2.24) is 20.6 Å². The number of nitrogens with zero attached hydrogens (tertiary/aromatic N) is 1. The van der Waals surface area contributed by atoms with E-state index in [9.17, 15) is 19.6 Å². The molecule has 0 spiro atoms. The number of pyridine rings is 1. The maximum Gasteiger partial charge on any atom is 0.475 e. The van der Waals surface area contributed by atoms with Crippen molar-refractivity contribution in [3.05, 3.63) is 90.3 Å². The Morgan fingerprint density at radius 1 is 1.00 bits per heavy atom. The summed E-state index contributed by atoms with van der Waals surface area (Å²) in [5.41, 5.74) is 3.47. The molecule has 8 nitrogen and oxygen atoms in total. The number of thioether (sulfide) groups is 1. The number of para-hydroxylation sites is 1. The summed E-state index contributed by atoms with van der Waals surface area (Å²) in [6.45, 7) is 0. The Morgan fingerprint density at radius 2 is 1.76 bits per heavy atom. The lowest BCUT2D eigenvalue weighted by molar-refractivity contribution is -0.123. The first-order chi connectivity index (χ1) is 18.0. The van der Waals surface area contributed by atoms with Gasteiger partial charge < -0.3 is 25.7 Å². The molecule has 37 heavy (non-hydrogen) atoms. The van der Waals surface area contributed by atoms with E-state index in [0.717, 1.165) is 22.0 Å². The van der Waals surface area contributed by atoms with E-state index in [-0.39, 0.29) is 12.1 Å². The minimum absolute atomic E-state index is 0.180. The zero-order valence-electron chi connectivity index (χ0n) is 20.4. The fraction of sp³-hybridized carbons (Fsp3) is 0.222. The van der Waals surface area contributed by atoms with Gasteiger partial charge in [0.2, 0.25) is 5.91 Å². The standard InChI is InChI=1S/C27H29BN4O4S/c1-37-15-14-25(28(35)36)32-27(34)24(16-19-17-29-22-11-6-5-10-20(19)22)31-26(33)23-13-7-12-21(30-23)18-8-3-2-4-9-18/h2-13,17,24-25,29,35-36H,14-16H2,1H3,(H,31,33)(H,32,34)/t24-,25-/m0/s1. The lowest BCUT2D eigenvalue weighted by Crippen LogP contribution is -2.54. The predicted molar refractivity (Wildman–Crippen MR) is 148 cm³/mol. The summed E-state index contributed by atoms with van der Waals surface area (Å²) >= 11 is 1.54. The summed E-state index contributed by atoms with van der Waals surface area (Å²) in [4.78, 5) is 34.3. The summed E-state index contributed by atoms with van der Waals surface area (Å²) in [5.74, 6) is -1.22. The van der Waals surface area contributed by atoms with Crippen molar-refractivity contribution in [2.24, 2.45) is 0 Å². The summed E-state index contributed by atoms with van der Waals surface area (Å²) in [6, 6.07) is 21.4. The van der Waals surface area contributed by atoms with E-state index >= 15 is 0 Å². The molecule has 2 heterocycles. The van der Waals surface area contributed by atoms with Crippen LogP contribution in [0.15, 0.2) is 79.0 Å². The molecule has 0 aliphatic heterocycles. The molecule has 2 aromatic heterocycles. The molecule has 2 aromatic carbocycles. The van der Waals surface area contributed by atoms with Gasteiger partial charge in [-0.15, -0.1) is 0 Å². The lowest BCUT2D eigenvalue weighted by Gasteiger charge is -2.23. The molecule has 4 aromatic rings. The number of fused-ring (bicyclic) bond motifs is 1. The molecule has 0 bridgehead atoms. The second-order valence-corrected chi connectivity index (χ2v) is 9.66. The van der Waals surface area contributed by atoms with Crippen LogP contribution in [0, 0.1) is 0 Å². The molecule has 2 atom stereocenters. The first kappa shape index (κ1) is 26.5. The van der Waals surface area contributed by atoms with Crippen LogP contribution in [0.2, 0.25) is 0 Å². The van der Waals surface area contributed by atoms with Crippen LogP contribution in [0.25, 0.3) is 22.2 Å². The van der Waals surface area contributed by atoms with E-state index in [1.807, 2.05) is 73.1 Å². The Hall–Kier alpha value is -3.60. The number of amides is 2. The third-order valence-electron chi connectivity index (χ3n) is 6.09. The molecule has 0 aliphatic rings. The largest absolute Gasteiger partial charge is 0.475 e. The highest BCUT2D eigenvalue weighted by atomic mass is 32.2. The van der Waals surface area contributed by atoms with Crippen LogP contribution in [0.1, 0.15) is 22.5 Å². The number of carbonyl (C=O) groups is 2. The molecule has 4 rings (SSSR count). The van der Waals surface area contributed by atoms with Crippen LogP contribution in [0.4, 0.5) is 0 Å². The van der Waals surface area contributed by atoms with Gasteiger partial charge >= 0.3 is 7.12 Å². The fourth-order valence-corrected chi connectivity index (χ4v) is 4.61. The summed E-state index contributed by atoms with van der Waals surface area (Å²) in [5, 5.41) is 26.1. The molecule has 0 radical (unpaired) electrons. The molecular weight excluding hydrogens is 487 g/mol. The minimum Gasteiger partial charge on any atom is -0.426 e. The number of nitrogens with one attached hydrogen (secondary N) is 3. The number of carbonyl (C=O) groups excluding carboxylic acids is 2. The molecule has 2 amide bonds. The average Bonchev–Trinajstić information content (AvgIpc) is 3.33. The highest BCUT2D eigenvalue weighted by molar-refractivity contribution is 7.98. The molecular formula is C27H29BN4O4S. The normalized spacial score (nSPS) is 12.6. The van der Waals surface area contributed by atoms with Gasteiger partial charge in [-0.2, -0.15) is 11.8 Å². The maximum atomic E-state index is 13.4. The van der Waals surface area contributed by atoms with Crippen molar-refractivity contribution in [3.63, 3.8) is 0 Å². The molecule has 0 saturated heterocycles. The summed E-state index contributed by atoms with van der Waals surface area (Å²) in [6.07, 6.45) is 4.30. The van der Waals surface area contributed by atoms with E-state index in [0.29, 0.717) is 17.9 Å². The number of rotatable bonds is 11. The van der Waals surface area contributed by atoms with E-state index in [1.165, 1.54) is 11.8 Å². The van der Waals surface area contributed by atoms with E-state index < -0.39 is 30.9 Å². The van der Waals surface area contributed by atoms with Crippen LogP contribution < -0.4 is 10.6 Å². The number of H-pyrrole nitrogens is 1. The molecule has 10 heteroatoms. The first-order valence-corrected chi connectivity index (χ1v) is 13.4. The average molecular weight is 516 g/mol. The Kier molecular flexibility index (Phi) is 9.00. The van der Waals surface area contributed by atoms with Crippen molar-refractivity contribution >= 4 is 41.6 Å². The van der Waals surface area contributed by atoms with Gasteiger partial charge in [-0.3, -0.25) is 9.59 Å². The van der Waals surface area contributed by atoms with Gasteiger partial charge in [0.1, 0.15) is 11.7 Å². The fourth-order valence-electron chi connectivity index (χ4n) is 4.12. The van der Waals surface area contributed by atoms with Crippen LogP contribution in [0.3, 0.4) is 0 Å². The number of hydrogen-bond donors (Lipinski definition) is 5. The van der Waals surface area contributed by atoms with Gasteiger partial charge in [-0.1, -0.05) is 54.6 Å². The third kappa shape index (κ3) is 6.79. The number of hydrogen-bond acceptors (Lipinski definition) is 6. The maximum absolute atomic E-state index is 13.4. The van der Waals surface area contributed by atoms with Gasteiger partial charge in [0.05, 0.1) is 11.6 Å². The number of aromatic nitrogens is 2. The SMILES string of the molecule is CSCC[C@H](NC(=O)[C@H](Cc1c[nH]c2ccccc12)NC(=O)c1cccc(-c2ccccc2)n1)B(O)O. The van der Waals surface area contributed by atoms with Crippen molar-refractivity contribution in [3.8, 4) is 11.3 Å². The smallest absolute Gasteiger partial charge is 0.426 e. The molecule has 0 unspecified atom stereocenters. The Balaban J connectivity index is 1.58. The predicted octanol–water partition coefficient (Wildman–Crippen LogP) is 2.82.